The minimum absolute atomic E-state index is 0.268. The summed E-state index contributed by atoms with van der Waals surface area (Å²) >= 11 is 1.74. The van der Waals surface area contributed by atoms with Gasteiger partial charge in [-0.25, -0.2) is 0 Å². The fourth-order valence-corrected chi connectivity index (χ4v) is 2.57. The van der Waals surface area contributed by atoms with E-state index in [1.54, 1.807) is 11.8 Å². The van der Waals surface area contributed by atoms with Crippen LogP contribution in [0.3, 0.4) is 0 Å². The van der Waals surface area contributed by atoms with Crippen molar-refractivity contribution in [3.63, 3.8) is 0 Å². The molecule has 1 saturated heterocycles. The molecule has 76 valence electrons. The summed E-state index contributed by atoms with van der Waals surface area (Å²) in [7, 11) is 2.16. The van der Waals surface area contributed by atoms with E-state index in [-0.39, 0.29) is 5.25 Å². The zero-order chi connectivity index (χ0) is 9.97. The van der Waals surface area contributed by atoms with Crippen LogP contribution >= 0.6 is 11.8 Å². The average Bonchev–Trinajstić information content (AvgIpc) is 2.67. The Morgan fingerprint density at radius 1 is 1.43 bits per heavy atom. The maximum absolute atomic E-state index is 5.38. The second-order valence-corrected chi connectivity index (χ2v) is 4.86. The summed E-state index contributed by atoms with van der Waals surface area (Å²) in [6.07, 6.45) is 5.38. The van der Waals surface area contributed by atoms with Crippen LogP contribution in [0.5, 0.6) is 0 Å². The molecule has 2 aliphatic rings. The van der Waals surface area contributed by atoms with Crippen molar-refractivity contribution in [2.24, 2.45) is 4.99 Å². The molecule has 0 radical (unpaired) electrons. The number of amidine groups is 1. The molecular weight excluding hydrogens is 194 g/mol. The van der Waals surface area contributed by atoms with Gasteiger partial charge < -0.3 is 9.80 Å². The molecule has 0 N–H and O–H groups in total. The van der Waals surface area contributed by atoms with Crippen molar-refractivity contribution < 1.29 is 0 Å². The summed E-state index contributed by atoms with van der Waals surface area (Å²) in [6.45, 7) is 5.21. The molecule has 1 fully saturated rings. The fourth-order valence-electron chi connectivity index (χ4n) is 1.62. The highest BCUT2D eigenvalue weighted by molar-refractivity contribution is 8.14. The van der Waals surface area contributed by atoms with Gasteiger partial charge in [-0.05, 0) is 7.05 Å². The highest BCUT2D eigenvalue weighted by Crippen LogP contribution is 2.23. The minimum atomic E-state index is 0.268. The van der Waals surface area contributed by atoms with Crippen molar-refractivity contribution in [2.75, 3.05) is 39.8 Å². The van der Waals surface area contributed by atoms with Gasteiger partial charge in [0, 0.05) is 26.2 Å². The second kappa shape index (κ2) is 4.24. The first-order chi connectivity index (χ1) is 6.79. The Morgan fingerprint density at radius 2 is 2.14 bits per heavy atom. The molecule has 0 aromatic carbocycles. The van der Waals surface area contributed by atoms with Gasteiger partial charge in [-0.3, -0.25) is 4.99 Å². The summed E-state index contributed by atoms with van der Waals surface area (Å²) in [5.74, 6) is 2.75. The third-order valence-electron chi connectivity index (χ3n) is 2.60. The highest BCUT2D eigenvalue weighted by Gasteiger charge is 2.24. The van der Waals surface area contributed by atoms with E-state index in [1.807, 2.05) is 0 Å². The Labute approximate surface area is 89.5 Å². The Morgan fingerprint density at radius 3 is 2.71 bits per heavy atom. The van der Waals surface area contributed by atoms with Crippen LogP contribution in [0.4, 0.5) is 0 Å². The van der Waals surface area contributed by atoms with Crippen molar-refractivity contribution in [3.8, 4) is 12.3 Å². The monoisotopic (exact) mass is 209 g/mol. The lowest BCUT2D eigenvalue weighted by atomic mass is 10.3. The lowest BCUT2D eigenvalue weighted by Crippen LogP contribution is -2.46. The smallest absolute Gasteiger partial charge is 0.160 e. The molecule has 1 atom stereocenters. The fraction of sp³-hybridized carbons (Fsp3) is 0.700. The zero-order valence-electron chi connectivity index (χ0n) is 8.44. The van der Waals surface area contributed by atoms with Crippen LogP contribution in [0.25, 0.3) is 0 Å². The summed E-state index contributed by atoms with van der Waals surface area (Å²) in [5, 5.41) is 1.42. The molecule has 0 bridgehead atoms. The van der Waals surface area contributed by atoms with E-state index in [9.17, 15) is 0 Å². The number of piperazine rings is 1. The van der Waals surface area contributed by atoms with Gasteiger partial charge in [0.1, 0.15) is 0 Å². The van der Waals surface area contributed by atoms with Crippen molar-refractivity contribution in [2.45, 2.75) is 5.25 Å². The number of nitrogens with zero attached hydrogens (tertiary/aromatic N) is 3. The number of hydrogen-bond donors (Lipinski definition) is 0. The predicted octanol–water partition coefficient (Wildman–Crippen LogP) is 0.338. The number of rotatable bonds is 0. The second-order valence-electron chi connectivity index (χ2n) is 3.69. The van der Waals surface area contributed by atoms with Crippen molar-refractivity contribution in [1.29, 1.82) is 0 Å². The molecule has 14 heavy (non-hydrogen) atoms. The summed E-state index contributed by atoms with van der Waals surface area (Å²) in [6, 6.07) is 0. The van der Waals surface area contributed by atoms with Crippen LogP contribution in [0, 0.1) is 12.3 Å². The van der Waals surface area contributed by atoms with E-state index >= 15 is 0 Å². The van der Waals surface area contributed by atoms with E-state index in [0.717, 1.165) is 37.9 Å². The molecule has 0 amide bonds. The molecule has 2 rings (SSSR count). The van der Waals surface area contributed by atoms with Gasteiger partial charge in [0.05, 0.1) is 11.8 Å². The predicted molar refractivity (Wildman–Crippen MR) is 61.6 cm³/mol. The first-order valence-electron chi connectivity index (χ1n) is 4.90. The van der Waals surface area contributed by atoms with Crippen LogP contribution in [0.15, 0.2) is 4.99 Å². The van der Waals surface area contributed by atoms with Crippen molar-refractivity contribution >= 4 is 16.9 Å². The Balaban J connectivity index is 1.89. The lowest BCUT2D eigenvalue weighted by molar-refractivity contribution is 0.218. The van der Waals surface area contributed by atoms with Gasteiger partial charge in [0.2, 0.25) is 0 Å². The Kier molecular flexibility index (Phi) is 2.99. The first kappa shape index (κ1) is 9.88. The molecule has 0 aromatic heterocycles. The standard InChI is InChI=1S/C10H15N3S/c1-3-9-8-11-10(14-9)13-6-4-12(2)5-7-13/h1,9H,4-8H2,2H3. The van der Waals surface area contributed by atoms with Crippen LogP contribution in [-0.4, -0.2) is 60.0 Å². The average molecular weight is 209 g/mol. The lowest BCUT2D eigenvalue weighted by Gasteiger charge is -2.33. The third-order valence-corrected chi connectivity index (χ3v) is 3.77. The van der Waals surface area contributed by atoms with E-state index < -0.39 is 0 Å². The van der Waals surface area contributed by atoms with Gasteiger partial charge in [-0.1, -0.05) is 17.7 Å². The van der Waals surface area contributed by atoms with E-state index in [0.29, 0.717) is 0 Å². The highest BCUT2D eigenvalue weighted by atomic mass is 32.2. The first-order valence-corrected chi connectivity index (χ1v) is 5.78. The normalized spacial score (nSPS) is 28.7. The molecule has 1 unspecified atom stereocenters. The van der Waals surface area contributed by atoms with E-state index in [2.05, 4.69) is 27.8 Å². The van der Waals surface area contributed by atoms with Crippen LogP contribution in [0.2, 0.25) is 0 Å². The summed E-state index contributed by atoms with van der Waals surface area (Å²) in [4.78, 5) is 9.17. The molecule has 3 nitrogen and oxygen atoms in total. The topological polar surface area (TPSA) is 18.8 Å². The quantitative estimate of drug-likeness (QED) is 0.536. The van der Waals surface area contributed by atoms with Gasteiger partial charge in [-0.2, -0.15) is 0 Å². The third kappa shape index (κ3) is 2.05. The molecule has 2 heterocycles. The molecule has 4 heteroatoms. The molecular formula is C10H15N3S. The number of aliphatic imine (C=N–C) groups is 1. The zero-order valence-corrected chi connectivity index (χ0v) is 9.26. The van der Waals surface area contributed by atoms with E-state index in [4.69, 9.17) is 6.42 Å². The van der Waals surface area contributed by atoms with Gasteiger partial charge in [-0.15, -0.1) is 6.42 Å². The number of hydrogen-bond acceptors (Lipinski definition) is 4. The van der Waals surface area contributed by atoms with Crippen LogP contribution in [0.1, 0.15) is 0 Å². The number of thioether (sulfide) groups is 1. The van der Waals surface area contributed by atoms with Gasteiger partial charge in [0.15, 0.2) is 5.17 Å². The Bertz CT molecular complexity index is 274. The summed E-state index contributed by atoms with van der Waals surface area (Å²) < 4.78 is 0. The van der Waals surface area contributed by atoms with Crippen molar-refractivity contribution in [3.05, 3.63) is 0 Å². The maximum Gasteiger partial charge on any atom is 0.160 e. The van der Waals surface area contributed by atoms with Crippen molar-refractivity contribution in [1.82, 2.24) is 9.80 Å². The van der Waals surface area contributed by atoms with Crippen LogP contribution in [-0.2, 0) is 0 Å². The van der Waals surface area contributed by atoms with Gasteiger partial charge in [0.25, 0.3) is 0 Å². The molecule has 0 spiro atoms. The minimum Gasteiger partial charge on any atom is -0.349 e. The number of terminal acetylenes is 1. The summed E-state index contributed by atoms with van der Waals surface area (Å²) in [5.41, 5.74) is 0. The number of likely N-dealkylation sites (N-methyl/N-ethyl adjacent to an activating group) is 1. The van der Waals surface area contributed by atoms with Crippen LogP contribution < -0.4 is 0 Å². The van der Waals surface area contributed by atoms with E-state index in [1.165, 1.54) is 0 Å². The molecule has 0 aromatic rings. The SMILES string of the molecule is C#CC1CN=C(N2CCN(C)CC2)S1. The molecule has 2 aliphatic heterocycles. The molecule has 0 saturated carbocycles. The molecule has 0 aliphatic carbocycles. The maximum atomic E-state index is 5.38. The Hall–Kier alpha value is -0.660. The van der Waals surface area contributed by atoms with Gasteiger partial charge >= 0.3 is 0 Å². The largest absolute Gasteiger partial charge is 0.349 e.